The zero-order valence-electron chi connectivity index (χ0n) is 11.3. The molecule has 0 fully saturated rings. The second kappa shape index (κ2) is 6.02. The van der Waals surface area contributed by atoms with Gasteiger partial charge in [0.25, 0.3) is 0 Å². The van der Waals surface area contributed by atoms with Crippen LogP contribution in [-0.2, 0) is 16.4 Å². The molecule has 0 unspecified atom stereocenters. The molecule has 1 N–H and O–H groups in total. The van der Waals surface area contributed by atoms with Gasteiger partial charge in [0.2, 0.25) is 10.0 Å². The normalized spacial score (nSPS) is 11.5. The van der Waals surface area contributed by atoms with Gasteiger partial charge in [-0.25, -0.2) is 18.1 Å². The summed E-state index contributed by atoms with van der Waals surface area (Å²) in [5.74, 6) is 0.702. The lowest BCUT2D eigenvalue weighted by Crippen LogP contribution is -2.26. The predicted molar refractivity (Wildman–Crippen MR) is 74.0 cm³/mol. The third-order valence-electron chi connectivity index (χ3n) is 2.68. The topological polar surface area (TPSA) is 88.3 Å². The van der Waals surface area contributed by atoms with Crippen LogP contribution in [0, 0.1) is 0 Å². The Kier molecular flexibility index (Phi) is 4.35. The van der Waals surface area contributed by atoms with Gasteiger partial charge >= 0.3 is 0 Å². The molecule has 2 rings (SSSR count). The summed E-state index contributed by atoms with van der Waals surface area (Å²) in [5.41, 5.74) is 0.841. The van der Waals surface area contributed by atoms with Crippen LogP contribution in [0.5, 0.6) is 0 Å². The molecule has 0 atom stereocenters. The van der Waals surface area contributed by atoms with E-state index in [9.17, 15) is 8.42 Å². The molecule has 0 aromatic carbocycles. The van der Waals surface area contributed by atoms with E-state index in [0.717, 1.165) is 5.56 Å². The van der Waals surface area contributed by atoms with Crippen LogP contribution in [0.3, 0.4) is 0 Å². The summed E-state index contributed by atoms with van der Waals surface area (Å²) in [7, 11) is 0.144. The number of sulfonamides is 1. The first-order chi connectivity index (χ1) is 9.49. The van der Waals surface area contributed by atoms with Crippen molar-refractivity contribution >= 4 is 15.8 Å². The summed E-state index contributed by atoms with van der Waals surface area (Å²) >= 11 is 0. The number of hydrogen-bond acceptors (Lipinski definition) is 6. The maximum absolute atomic E-state index is 12.0. The van der Waals surface area contributed by atoms with Crippen molar-refractivity contribution in [2.24, 2.45) is 0 Å². The molecule has 0 aliphatic heterocycles. The van der Waals surface area contributed by atoms with Gasteiger partial charge in [-0.3, -0.25) is 0 Å². The third kappa shape index (κ3) is 3.55. The fraction of sp³-hybridized carbons (Fsp3) is 0.333. The van der Waals surface area contributed by atoms with Crippen molar-refractivity contribution in [1.82, 2.24) is 14.9 Å². The molecule has 0 aliphatic rings. The van der Waals surface area contributed by atoms with E-state index in [2.05, 4.69) is 19.4 Å². The number of hydrogen-bond donors (Lipinski definition) is 1. The highest BCUT2D eigenvalue weighted by atomic mass is 32.2. The standard InChI is InChI=1S/C12H16N4O3S/c1-16(2)12-4-3-11(8-13-12)20(17,18)15-6-5-10-7-14-19-9-10/h3-4,7-9,15H,5-6H2,1-2H3. The highest BCUT2D eigenvalue weighted by Crippen LogP contribution is 2.12. The molecule has 2 heterocycles. The van der Waals surface area contributed by atoms with Gasteiger partial charge in [-0.05, 0) is 18.6 Å². The van der Waals surface area contributed by atoms with Crippen molar-refractivity contribution in [2.45, 2.75) is 11.3 Å². The van der Waals surface area contributed by atoms with E-state index in [1.54, 1.807) is 17.2 Å². The summed E-state index contributed by atoms with van der Waals surface area (Å²) in [6, 6.07) is 3.19. The van der Waals surface area contributed by atoms with Crippen LogP contribution in [-0.4, -0.2) is 39.2 Å². The van der Waals surface area contributed by atoms with E-state index < -0.39 is 10.0 Å². The summed E-state index contributed by atoms with van der Waals surface area (Å²) in [6.07, 6.45) is 4.91. The summed E-state index contributed by atoms with van der Waals surface area (Å²) < 4.78 is 31.3. The summed E-state index contributed by atoms with van der Waals surface area (Å²) in [5, 5.41) is 3.55. The molecule has 8 heteroatoms. The molecule has 7 nitrogen and oxygen atoms in total. The summed E-state index contributed by atoms with van der Waals surface area (Å²) in [4.78, 5) is 6.03. The zero-order chi connectivity index (χ0) is 14.6. The molecule has 0 saturated carbocycles. The number of nitrogens with one attached hydrogen (secondary N) is 1. The number of rotatable bonds is 6. The second-order valence-corrected chi connectivity index (χ2v) is 6.19. The number of pyridine rings is 1. The quantitative estimate of drug-likeness (QED) is 0.842. The van der Waals surface area contributed by atoms with Crippen LogP contribution in [0.25, 0.3) is 0 Å². The molecule has 0 bridgehead atoms. The molecule has 2 aromatic heterocycles. The predicted octanol–water partition coefficient (Wildman–Crippen LogP) is 0.657. The first kappa shape index (κ1) is 14.5. The van der Waals surface area contributed by atoms with Crippen molar-refractivity contribution in [3.05, 3.63) is 36.4 Å². The van der Waals surface area contributed by atoms with Gasteiger partial charge in [-0.15, -0.1) is 0 Å². The zero-order valence-corrected chi connectivity index (χ0v) is 12.1. The first-order valence-electron chi connectivity index (χ1n) is 6.00. The van der Waals surface area contributed by atoms with E-state index in [4.69, 9.17) is 0 Å². The lowest BCUT2D eigenvalue weighted by Gasteiger charge is -2.11. The molecule has 108 valence electrons. The lowest BCUT2D eigenvalue weighted by atomic mass is 10.3. The van der Waals surface area contributed by atoms with Crippen LogP contribution < -0.4 is 9.62 Å². The Hall–Kier alpha value is -1.93. The Labute approximate surface area is 117 Å². The van der Waals surface area contributed by atoms with Gasteiger partial charge in [0.05, 0.1) is 6.20 Å². The third-order valence-corrected chi connectivity index (χ3v) is 4.12. The Balaban J connectivity index is 1.99. The minimum absolute atomic E-state index is 0.147. The number of nitrogens with zero attached hydrogens (tertiary/aromatic N) is 3. The number of aromatic nitrogens is 2. The highest BCUT2D eigenvalue weighted by Gasteiger charge is 2.14. The minimum atomic E-state index is -3.54. The van der Waals surface area contributed by atoms with Gasteiger partial charge in [-0.1, -0.05) is 5.16 Å². The SMILES string of the molecule is CN(C)c1ccc(S(=O)(=O)NCCc2cnoc2)cn1. The smallest absolute Gasteiger partial charge is 0.242 e. The molecule has 0 radical (unpaired) electrons. The Morgan fingerprint density at radius 2 is 2.10 bits per heavy atom. The fourth-order valence-electron chi connectivity index (χ4n) is 1.56. The Morgan fingerprint density at radius 3 is 2.65 bits per heavy atom. The van der Waals surface area contributed by atoms with Gasteiger partial charge in [0.15, 0.2) is 0 Å². The molecular weight excluding hydrogens is 280 g/mol. The van der Waals surface area contributed by atoms with Gasteiger partial charge < -0.3 is 9.42 Å². The molecule has 0 amide bonds. The van der Waals surface area contributed by atoms with E-state index in [1.165, 1.54) is 18.5 Å². The van der Waals surface area contributed by atoms with Crippen LogP contribution in [0.1, 0.15) is 5.56 Å². The van der Waals surface area contributed by atoms with E-state index in [1.807, 2.05) is 14.1 Å². The monoisotopic (exact) mass is 296 g/mol. The molecular formula is C12H16N4O3S. The highest BCUT2D eigenvalue weighted by molar-refractivity contribution is 7.89. The van der Waals surface area contributed by atoms with E-state index in [-0.39, 0.29) is 11.4 Å². The Bertz CT molecular complexity index is 636. The molecule has 0 saturated heterocycles. The first-order valence-corrected chi connectivity index (χ1v) is 7.48. The molecule has 0 spiro atoms. The average Bonchev–Trinajstić information content (AvgIpc) is 2.92. The van der Waals surface area contributed by atoms with Crippen LogP contribution in [0.4, 0.5) is 5.82 Å². The maximum Gasteiger partial charge on any atom is 0.242 e. The maximum atomic E-state index is 12.0. The number of anilines is 1. The molecule has 0 aliphatic carbocycles. The fourth-order valence-corrected chi connectivity index (χ4v) is 2.54. The van der Waals surface area contributed by atoms with Crippen molar-refractivity contribution < 1.29 is 12.9 Å². The van der Waals surface area contributed by atoms with Crippen LogP contribution in [0.15, 0.2) is 40.2 Å². The van der Waals surface area contributed by atoms with Gasteiger partial charge in [0.1, 0.15) is 17.0 Å². The lowest BCUT2D eigenvalue weighted by molar-refractivity contribution is 0.419. The van der Waals surface area contributed by atoms with Crippen LogP contribution >= 0.6 is 0 Å². The second-order valence-electron chi connectivity index (χ2n) is 4.43. The largest absolute Gasteiger partial charge is 0.364 e. The average molecular weight is 296 g/mol. The van der Waals surface area contributed by atoms with E-state index in [0.29, 0.717) is 12.2 Å². The molecule has 2 aromatic rings. The van der Waals surface area contributed by atoms with E-state index >= 15 is 0 Å². The van der Waals surface area contributed by atoms with Crippen molar-refractivity contribution in [3.8, 4) is 0 Å². The van der Waals surface area contributed by atoms with Crippen molar-refractivity contribution in [1.29, 1.82) is 0 Å². The minimum Gasteiger partial charge on any atom is -0.364 e. The van der Waals surface area contributed by atoms with Gasteiger partial charge in [0, 0.05) is 32.4 Å². The van der Waals surface area contributed by atoms with Gasteiger partial charge in [-0.2, -0.15) is 0 Å². The van der Waals surface area contributed by atoms with Crippen molar-refractivity contribution in [3.63, 3.8) is 0 Å². The molecule has 20 heavy (non-hydrogen) atoms. The van der Waals surface area contributed by atoms with Crippen molar-refractivity contribution in [2.75, 3.05) is 25.5 Å². The Morgan fingerprint density at radius 1 is 1.30 bits per heavy atom. The van der Waals surface area contributed by atoms with Crippen LogP contribution in [0.2, 0.25) is 0 Å². The summed E-state index contributed by atoms with van der Waals surface area (Å²) in [6.45, 7) is 0.277.